The van der Waals surface area contributed by atoms with Crippen LogP contribution in [0.2, 0.25) is 5.02 Å². The van der Waals surface area contributed by atoms with Gasteiger partial charge < -0.3 is 15.2 Å². The summed E-state index contributed by atoms with van der Waals surface area (Å²) in [7, 11) is 1.43. The van der Waals surface area contributed by atoms with Crippen LogP contribution in [-0.2, 0) is 4.79 Å². The standard InChI is InChI=1S/C20H21BrClN3O4/c1-11(2)17(24-19(27)12-4-6-15(22)7-5-12)20(28)25-23-10-13-8-14(21)9-16(29-3)18(13)26/h4-11,17,26H,1-3H3,(H,24,27)(H,25,28). The lowest BCUT2D eigenvalue weighted by Crippen LogP contribution is -2.48. The van der Waals surface area contributed by atoms with Crippen molar-refractivity contribution in [2.45, 2.75) is 19.9 Å². The van der Waals surface area contributed by atoms with Crippen molar-refractivity contribution in [1.82, 2.24) is 10.7 Å². The van der Waals surface area contributed by atoms with Crippen molar-refractivity contribution in [1.29, 1.82) is 0 Å². The molecular formula is C20H21BrClN3O4. The highest BCUT2D eigenvalue weighted by Gasteiger charge is 2.24. The summed E-state index contributed by atoms with van der Waals surface area (Å²) < 4.78 is 5.75. The van der Waals surface area contributed by atoms with Gasteiger partial charge in [-0.1, -0.05) is 41.4 Å². The van der Waals surface area contributed by atoms with E-state index in [-0.39, 0.29) is 17.4 Å². The van der Waals surface area contributed by atoms with Crippen LogP contribution in [-0.4, -0.2) is 36.3 Å². The SMILES string of the molecule is COc1cc(Br)cc(C=NNC(=O)C(NC(=O)c2ccc(Cl)cc2)C(C)C)c1O. The molecule has 0 saturated carbocycles. The third-order valence-electron chi connectivity index (χ3n) is 4.01. The molecule has 1 atom stereocenters. The Morgan fingerprint density at radius 1 is 1.24 bits per heavy atom. The normalized spacial score (nSPS) is 12.1. The molecule has 0 aliphatic carbocycles. The molecule has 2 rings (SSSR count). The highest BCUT2D eigenvalue weighted by Crippen LogP contribution is 2.32. The third-order valence-corrected chi connectivity index (χ3v) is 4.72. The molecule has 0 bridgehead atoms. The van der Waals surface area contributed by atoms with Gasteiger partial charge in [-0.3, -0.25) is 9.59 Å². The zero-order chi connectivity index (χ0) is 21.6. The van der Waals surface area contributed by atoms with Crippen molar-refractivity contribution in [3.63, 3.8) is 0 Å². The van der Waals surface area contributed by atoms with Crippen molar-refractivity contribution in [3.05, 3.63) is 57.0 Å². The van der Waals surface area contributed by atoms with Gasteiger partial charge in [0, 0.05) is 20.6 Å². The van der Waals surface area contributed by atoms with Gasteiger partial charge in [-0.25, -0.2) is 5.43 Å². The fourth-order valence-corrected chi connectivity index (χ4v) is 3.02. The quantitative estimate of drug-likeness (QED) is 0.414. The average Bonchev–Trinajstić information content (AvgIpc) is 2.68. The number of hydrogen-bond acceptors (Lipinski definition) is 5. The number of rotatable bonds is 7. The molecule has 7 nitrogen and oxygen atoms in total. The minimum atomic E-state index is -0.805. The van der Waals surface area contributed by atoms with Gasteiger partial charge in [-0.15, -0.1) is 0 Å². The van der Waals surface area contributed by atoms with E-state index in [0.717, 1.165) is 0 Å². The first kappa shape index (κ1) is 22.7. The summed E-state index contributed by atoms with van der Waals surface area (Å²) in [4.78, 5) is 24.9. The number of phenolic OH excluding ortho intramolecular Hbond substituents is 1. The molecule has 1 unspecified atom stereocenters. The molecule has 0 fully saturated rings. The number of carbonyl (C=O) groups is 2. The van der Waals surface area contributed by atoms with E-state index >= 15 is 0 Å². The number of amides is 2. The number of nitrogens with zero attached hydrogens (tertiary/aromatic N) is 1. The van der Waals surface area contributed by atoms with Crippen LogP contribution in [0.25, 0.3) is 0 Å². The number of hydrogen-bond donors (Lipinski definition) is 3. The van der Waals surface area contributed by atoms with Crippen LogP contribution >= 0.6 is 27.5 Å². The van der Waals surface area contributed by atoms with E-state index in [0.29, 0.717) is 20.6 Å². The molecule has 2 aromatic rings. The Morgan fingerprint density at radius 3 is 2.48 bits per heavy atom. The third kappa shape index (κ3) is 6.20. The predicted octanol–water partition coefficient (Wildman–Crippen LogP) is 3.72. The Bertz CT molecular complexity index is 917. The van der Waals surface area contributed by atoms with Crippen molar-refractivity contribution < 1.29 is 19.4 Å². The Balaban J connectivity index is 2.08. The summed E-state index contributed by atoms with van der Waals surface area (Å²) in [6.07, 6.45) is 1.29. The van der Waals surface area contributed by atoms with Gasteiger partial charge in [0.1, 0.15) is 6.04 Å². The molecule has 2 amide bonds. The summed E-state index contributed by atoms with van der Waals surface area (Å²) in [6, 6.07) is 8.78. The second-order valence-corrected chi connectivity index (χ2v) is 7.83. The lowest BCUT2D eigenvalue weighted by atomic mass is 10.0. The monoisotopic (exact) mass is 481 g/mol. The first-order valence-electron chi connectivity index (χ1n) is 8.68. The molecule has 0 radical (unpaired) electrons. The van der Waals surface area contributed by atoms with Gasteiger partial charge in [-0.05, 0) is 42.3 Å². The number of methoxy groups -OCH3 is 1. The minimum absolute atomic E-state index is 0.106. The fourth-order valence-electron chi connectivity index (χ4n) is 2.44. The molecule has 0 spiro atoms. The van der Waals surface area contributed by atoms with Crippen LogP contribution in [0.1, 0.15) is 29.8 Å². The summed E-state index contributed by atoms with van der Waals surface area (Å²) in [5, 5.41) is 17.2. The lowest BCUT2D eigenvalue weighted by molar-refractivity contribution is -0.123. The number of phenols is 1. The molecular weight excluding hydrogens is 462 g/mol. The van der Waals surface area contributed by atoms with E-state index in [9.17, 15) is 14.7 Å². The summed E-state index contributed by atoms with van der Waals surface area (Å²) in [5.74, 6) is -0.901. The Morgan fingerprint density at radius 2 is 1.90 bits per heavy atom. The smallest absolute Gasteiger partial charge is 0.262 e. The zero-order valence-corrected chi connectivity index (χ0v) is 18.4. The van der Waals surface area contributed by atoms with Gasteiger partial charge in [0.05, 0.1) is 13.3 Å². The average molecular weight is 483 g/mol. The largest absolute Gasteiger partial charge is 0.504 e. The van der Waals surface area contributed by atoms with Crippen molar-refractivity contribution in [3.8, 4) is 11.5 Å². The maximum atomic E-state index is 12.5. The van der Waals surface area contributed by atoms with E-state index < -0.39 is 17.9 Å². The molecule has 29 heavy (non-hydrogen) atoms. The van der Waals surface area contributed by atoms with Crippen LogP contribution in [0.4, 0.5) is 0 Å². The van der Waals surface area contributed by atoms with Crippen LogP contribution < -0.4 is 15.5 Å². The van der Waals surface area contributed by atoms with Crippen LogP contribution in [0.15, 0.2) is 46.0 Å². The van der Waals surface area contributed by atoms with Crippen molar-refractivity contribution >= 4 is 45.6 Å². The first-order chi connectivity index (χ1) is 13.7. The first-order valence-corrected chi connectivity index (χ1v) is 9.86. The Kier molecular flexibility index (Phi) is 8.04. The number of ether oxygens (including phenoxy) is 1. The highest BCUT2D eigenvalue weighted by atomic mass is 79.9. The fraction of sp³-hybridized carbons (Fsp3) is 0.250. The van der Waals surface area contributed by atoms with Crippen molar-refractivity contribution in [2.75, 3.05) is 7.11 Å². The number of aromatic hydroxyl groups is 1. The topological polar surface area (TPSA) is 100 Å². The molecule has 2 aromatic carbocycles. The molecule has 9 heteroatoms. The van der Waals surface area contributed by atoms with Gasteiger partial charge >= 0.3 is 0 Å². The van der Waals surface area contributed by atoms with E-state index in [1.54, 1.807) is 50.2 Å². The maximum Gasteiger partial charge on any atom is 0.262 e. The second kappa shape index (κ2) is 10.3. The summed E-state index contributed by atoms with van der Waals surface area (Å²) >= 11 is 9.14. The molecule has 0 aromatic heterocycles. The lowest BCUT2D eigenvalue weighted by Gasteiger charge is -2.20. The minimum Gasteiger partial charge on any atom is -0.504 e. The number of benzene rings is 2. The van der Waals surface area contributed by atoms with Gasteiger partial charge in [0.2, 0.25) is 0 Å². The predicted molar refractivity (Wildman–Crippen MR) is 116 cm³/mol. The molecule has 0 aliphatic rings. The molecule has 0 aliphatic heterocycles. The second-order valence-electron chi connectivity index (χ2n) is 6.48. The number of halogens is 2. The van der Waals surface area contributed by atoms with Gasteiger partial charge in [0.25, 0.3) is 11.8 Å². The highest BCUT2D eigenvalue weighted by molar-refractivity contribution is 9.10. The summed E-state index contributed by atoms with van der Waals surface area (Å²) in [5.41, 5.74) is 3.13. The van der Waals surface area contributed by atoms with Crippen LogP contribution in [0.3, 0.4) is 0 Å². The van der Waals surface area contributed by atoms with E-state index in [4.69, 9.17) is 16.3 Å². The van der Waals surface area contributed by atoms with Gasteiger partial charge in [0.15, 0.2) is 11.5 Å². The Labute approximate surface area is 182 Å². The molecule has 154 valence electrons. The van der Waals surface area contributed by atoms with Crippen LogP contribution in [0, 0.1) is 5.92 Å². The summed E-state index contributed by atoms with van der Waals surface area (Å²) in [6.45, 7) is 3.61. The Hall–Kier alpha value is -2.58. The van der Waals surface area contributed by atoms with Crippen molar-refractivity contribution in [2.24, 2.45) is 11.0 Å². The zero-order valence-electron chi connectivity index (χ0n) is 16.1. The maximum absolute atomic E-state index is 12.5. The number of hydrazone groups is 1. The number of nitrogens with one attached hydrogen (secondary N) is 2. The van der Waals surface area contributed by atoms with Gasteiger partial charge in [-0.2, -0.15) is 5.10 Å². The van der Waals surface area contributed by atoms with E-state index in [2.05, 4.69) is 31.8 Å². The van der Waals surface area contributed by atoms with E-state index in [1.807, 2.05) is 0 Å². The van der Waals surface area contributed by atoms with Crippen LogP contribution in [0.5, 0.6) is 11.5 Å². The number of carbonyl (C=O) groups excluding carboxylic acids is 2. The van der Waals surface area contributed by atoms with E-state index in [1.165, 1.54) is 13.3 Å². The molecule has 0 heterocycles. The molecule has 0 saturated heterocycles. The molecule has 3 N–H and O–H groups in total.